The van der Waals surface area contributed by atoms with Crippen molar-refractivity contribution in [2.45, 2.75) is 126 Å². The summed E-state index contributed by atoms with van der Waals surface area (Å²) >= 11 is 0. The molecule has 3 saturated heterocycles. The SMILES string of the molecule is COc1ncnc(CN2CCN(C3CC4(CCN(c5ccc(C(=O)NS(=O)(=O)c6ccc(NCC7CCC(C)(O)CC7)c([N+](=O)[O-])c6)c(N6c7cc8cc[nH]c8nc7O[C@H]7COCC[C@@H]76)c5)CC4)C3)[C@@H](c3ccccc3OC(C)C)C2)c1OC. The molecule has 1 amide bonds. The first-order valence-corrected chi connectivity index (χ1v) is 30.8. The van der Waals surface area contributed by atoms with E-state index in [1.54, 1.807) is 26.5 Å². The van der Waals surface area contributed by atoms with Crippen LogP contribution >= 0.6 is 0 Å². The lowest BCUT2D eigenvalue weighted by atomic mass is 9.59. The minimum absolute atomic E-state index is 0.00887. The van der Waals surface area contributed by atoms with Gasteiger partial charge in [-0.3, -0.25) is 24.7 Å². The van der Waals surface area contributed by atoms with Crippen LogP contribution in [0.4, 0.5) is 28.4 Å². The number of carbonyl (C=O) groups is 1. The van der Waals surface area contributed by atoms with Gasteiger partial charge in [-0.05, 0) is 138 Å². The number of hydrogen-bond acceptors (Lipinski definition) is 19. The summed E-state index contributed by atoms with van der Waals surface area (Å²) in [5.41, 5.74) is 3.80. The number of benzene rings is 3. The van der Waals surface area contributed by atoms with Gasteiger partial charge in [-0.2, -0.15) is 9.97 Å². The highest BCUT2D eigenvalue weighted by Crippen LogP contribution is 2.54. The van der Waals surface area contributed by atoms with Crippen LogP contribution in [0.5, 0.6) is 23.3 Å². The Morgan fingerprint density at radius 3 is 2.51 bits per heavy atom. The van der Waals surface area contributed by atoms with Gasteiger partial charge in [0.25, 0.3) is 27.5 Å². The van der Waals surface area contributed by atoms with E-state index in [9.17, 15) is 28.4 Å². The molecule has 3 aromatic carbocycles. The summed E-state index contributed by atoms with van der Waals surface area (Å²) < 4.78 is 61.1. The maximum atomic E-state index is 14.9. The Balaban J connectivity index is 0.800. The van der Waals surface area contributed by atoms with Gasteiger partial charge in [0.15, 0.2) is 0 Å². The van der Waals surface area contributed by atoms with Gasteiger partial charge in [-0.15, -0.1) is 0 Å². The van der Waals surface area contributed by atoms with Crippen LogP contribution < -0.4 is 38.8 Å². The first-order chi connectivity index (χ1) is 40.5. The molecule has 4 aliphatic heterocycles. The Hall–Kier alpha value is -7.31. The zero-order valence-corrected chi connectivity index (χ0v) is 49.1. The number of aromatic nitrogens is 4. The molecule has 0 bridgehead atoms. The topological polar surface area (TPSA) is 252 Å². The van der Waals surface area contributed by atoms with Gasteiger partial charge >= 0.3 is 0 Å². The van der Waals surface area contributed by atoms with Gasteiger partial charge in [0.2, 0.25) is 11.6 Å². The van der Waals surface area contributed by atoms with Crippen LogP contribution in [0, 0.1) is 21.4 Å². The Kier molecular flexibility index (Phi) is 15.8. The number of pyridine rings is 1. The minimum Gasteiger partial charge on any atom is -0.491 e. The third kappa shape index (κ3) is 11.5. The number of nitro groups is 1. The van der Waals surface area contributed by atoms with Crippen molar-refractivity contribution in [3.8, 4) is 23.3 Å². The molecule has 12 rings (SSSR count). The number of nitrogens with zero attached hydrogens (tertiary/aromatic N) is 8. The number of nitro benzene ring substituents is 1. The number of ether oxygens (including phenoxy) is 5. The number of nitrogens with one attached hydrogen (secondary N) is 3. The summed E-state index contributed by atoms with van der Waals surface area (Å²) in [7, 11) is -1.46. The molecule has 5 fully saturated rings. The lowest BCUT2D eigenvalue weighted by molar-refractivity contribution is -0.384. The highest BCUT2D eigenvalue weighted by Gasteiger charge is 2.51. The standard InChI is InChI=1S/C61H75N11O11S/c1-38(2)82-53-9-7-6-8-44(53)52-35-68(34-47-55(79-4)59(80-5)65-37-64-47)25-26-70(52)42-31-61(32-42)20-23-69(24-21-61)41-10-12-45(49(29-41)71-48-17-27-81-36-54(48)83-58-51(71)28-40-16-22-62-56(40)66-58)57(73)67-84(77,78)43-11-13-46(50(30-43)72(75)76)63-33-39-14-18-60(3,74)19-15-39/h6-13,16,22,28-30,37-39,42,48,52,54,63,74H,14-15,17-21,23-27,31-36H2,1-5H3,(H,62,66)(H,67,73)/t39?,48-,52+,54-,60?/m0/s1. The van der Waals surface area contributed by atoms with Gasteiger partial charge in [-0.1, -0.05) is 18.2 Å². The van der Waals surface area contributed by atoms with Crippen LogP contribution in [-0.2, 0) is 21.3 Å². The maximum Gasteiger partial charge on any atom is 0.293 e. The number of carbonyl (C=O) groups excluding carboxylic acids is 1. The molecule has 3 aromatic heterocycles. The second kappa shape index (κ2) is 23.3. The molecule has 446 valence electrons. The third-order valence-electron chi connectivity index (χ3n) is 18.3. The highest BCUT2D eigenvalue weighted by molar-refractivity contribution is 7.90. The summed E-state index contributed by atoms with van der Waals surface area (Å²) in [5, 5.41) is 26.9. The molecule has 2 saturated carbocycles. The molecule has 6 aromatic rings. The van der Waals surface area contributed by atoms with Crippen LogP contribution in [0.25, 0.3) is 11.0 Å². The minimum atomic E-state index is -4.66. The molecule has 0 radical (unpaired) electrons. The number of rotatable bonds is 17. The lowest BCUT2D eigenvalue weighted by Crippen LogP contribution is -2.59. The monoisotopic (exact) mass is 1170 g/mol. The summed E-state index contributed by atoms with van der Waals surface area (Å²) in [6.07, 6.45) is 10.2. The molecule has 4 N–H and O–H groups in total. The number of hydrogen-bond donors (Lipinski definition) is 4. The van der Waals surface area contributed by atoms with E-state index >= 15 is 0 Å². The highest BCUT2D eigenvalue weighted by atomic mass is 32.2. The van der Waals surface area contributed by atoms with Crippen molar-refractivity contribution in [1.82, 2.24) is 34.5 Å². The first kappa shape index (κ1) is 57.1. The summed E-state index contributed by atoms with van der Waals surface area (Å²) in [4.78, 5) is 52.8. The van der Waals surface area contributed by atoms with Crippen molar-refractivity contribution >= 4 is 55.4 Å². The van der Waals surface area contributed by atoms with Crippen LogP contribution in [0.3, 0.4) is 0 Å². The normalized spacial score (nSPS) is 23.8. The average Bonchev–Trinajstić information content (AvgIpc) is 1.71. The van der Waals surface area contributed by atoms with E-state index in [1.165, 1.54) is 24.0 Å². The fourth-order valence-corrected chi connectivity index (χ4v) is 14.7. The molecule has 1 spiro atoms. The second-order valence-electron chi connectivity index (χ2n) is 24.2. The summed E-state index contributed by atoms with van der Waals surface area (Å²) in [5.74, 6) is 1.48. The Bertz CT molecular complexity index is 3520. The zero-order valence-electron chi connectivity index (χ0n) is 48.3. The van der Waals surface area contributed by atoms with E-state index in [0.717, 1.165) is 99.8 Å². The maximum absolute atomic E-state index is 14.9. The van der Waals surface area contributed by atoms with E-state index in [2.05, 4.69) is 76.6 Å². The molecule has 0 unspecified atom stereocenters. The lowest BCUT2D eigenvalue weighted by Gasteiger charge is -2.58. The number of sulfonamides is 1. The molecule has 23 heteroatoms. The predicted molar refractivity (Wildman–Crippen MR) is 316 cm³/mol. The summed E-state index contributed by atoms with van der Waals surface area (Å²) in [6, 6.07) is 21.6. The second-order valence-corrected chi connectivity index (χ2v) is 25.9. The van der Waals surface area contributed by atoms with Crippen LogP contribution in [0.2, 0.25) is 0 Å². The number of anilines is 4. The molecule has 84 heavy (non-hydrogen) atoms. The van der Waals surface area contributed by atoms with Crippen LogP contribution in [-0.4, -0.2) is 151 Å². The molecule has 6 aliphatic rings. The largest absolute Gasteiger partial charge is 0.491 e. The fourth-order valence-electron chi connectivity index (χ4n) is 13.7. The van der Waals surface area contributed by atoms with E-state index in [1.807, 2.05) is 37.3 Å². The molecular weight excluding hydrogens is 1090 g/mol. The number of methoxy groups -OCH3 is 2. The van der Waals surface area contributed by atoms with Crippen LogP contribution in [0.1, 0.15) is 106 Å². The Morgan fingerprint density at radius 1 is 0.952 bits per heavy atom. The fraction of sp³-hybridized carbons (Fsp3) is 0.508. The van der Waals surface area contributed by atoms with Gasteiger partial charge < -0.3 is 48.9 Å². The summed E-state index contributed by atoms with van der Waals surface area (Å²) in [6.45, 7) is 11.7. The number of aliphatic hydroxyl groups is 1. The zero-order chi connectivity index (χ0) is 58.5. The van der Waals surface area contributed by atoms with Crippen molar-refractivity contribution in [2.24, 2.45) is 11.3 Å². The number of piperazine rings is 1. The van der Waals surface area contributed by atoms with E-state index < -0.39 is 43.1 Å². The molecule has 2 aliphatic carbocycles. The molecular formula is C61H75N11O11S. The smallest absolute Gasteiger partial charge is 0.293 e. The number of amides is 1. The van der Waals surface area contributed by atoms with Crippen molar-refractivity contribution in [3.63, 3.8) is 0 Å². The Labute approximate surface area is 489 Å². The van der Waals surface area contributed by atoms with Crippen molar-refractivity contribution in [3.05, 3.63) is 112 Å². The predicted octanol–water partition coefficient (Wildman–Crippen LogP) is 8.53. The Morgan fingerprint density at radius 2 is 1.75 bits per heavy atom. The number of H-pyrrole nitrogens is 1. The van der Waals surface area contributed by atoms with Crippen molar-refractivity contribution < 1.29 is 46.9 Å². The van der Waals surface area contributed by atoms with Crippen molar-refractivity contribution in [1.29, 1.82) is 0 Å². The van der Waals surface area contributed by atoms with E-state index in [-0.39, 0.29) is 47.4 Å². The molecule has 7 heterocycles. The van der Waals surface area contributed by atoms with E-state index in [4.69, 9.17) is 28.7 Å². The number of piperidine rings is 1. The number of aromatic amines is 1. The first-order valence-electron chi connectivity index (χ1n) is 29.4. The van der Waals surface area contributed by atoms with Gasteiger partial charge in [-0.25, -0.2) is 18.1 Å². The quantitative estimate of drug-likeness (QED) is 0.0493. The average molecular weight is 1170 g/mol. The molecule has 22 nitrogen and oxygen atoms in total. The van der Waals surface area contributed by atoms with Crippen LogP contribution in [0.15, 0.2) is 90.2 Å². The van der Waals surface area contributed by atoms with Gasteiger partial charge in [0, 0.05) is 87.4 Å². The number of fused-ring (bicyclic) bond motifs is 3. The molecule has 3 atom stereocenters. The van der Waals surface area contributed by atoms with Gasteiger partial charge in [0.1, 0.15) is 40.9 Å². The van der Waals surface area contributed by atoms with Gasteiger partial charge in [0.05, 0.1) is 65.7 Å². The van der Waals surface area contributed by atoms with Crippen molar-refractivity contribution in [2.75, 3.05) is 81.8 Å². The third-order valence-corrected chi connectivity index (χ3v) is 19.6. The van der Waals surface area contributed by atoms with E-state index in [0.29, 0.717) is 79.5 Å². The number of para-hydroxylation sites is 1.